The van der Waals surface area contributed by atoms with Gasteiger partial charge in [0.15, 0.2) is 11.9 Å². The van der Waals surface area contributed by atoms with Gasteiger partial charge in [0.25, 0.3) is 11.8 Å². The minimum Gasteiger partial charge on any atom is -0.325 e. The molecule has 0 fully saturated rings. The molecule has 2 aromatic carbocycles. The molecule has 0 saturated heterocycles. The maximum atomic E-state index is 12.1. The van der Waals surface area contributed by atoms with Crippen LogP contribution in [-0.4, -0.2) is 23.8 Å². The van der Waals surface area contributed by atoms with E-state index in [1.54, 1.807) is 60.7 Å². The monoisotopic (exact) mass is 296 g/mol. The Morgan fingerprint density at radius 1 is 0.727 bits per heavy atom. The quantitative estimate of drug-likeness (QED) is 0.826. The lowest BCUT2D eigenvalue weighted by Gasteiger charge is -2.17. The minimum atomic E-state index is -1.07. The molecule has 5 heteroatoms. The first-order chi connectivity index (χ1) is 10.6. The van der Waals surface area contributed by atoms with Gasteiger partial charge in [-0.15, -0.1) is 0 Å². The topological polar surface area (TPSA) is 75.3 Å². The Labute approximate surface area is 128 Å². The van der Waals surface area contributed by atoms with Crippen molar-refractivity contribution in [2.45, 2.75) is 13.1 Å². The van der Waals surface area contributed by atoms with E-state index in [0.29, 0.717) is 11.1 Å². The third-order valence-corrected chi connectivity index (χ3v) is 3.03. The van der Waals surface area contributed by atoms with Gasteiger partial charge in [-0.1, -0.05) is 36.4 Å². The molecule has 0 spiro atoms. The summed E-state index contributed by atoms with van der Waals surface area (Å²) in [6.07, 6.45) is -1.07. The van der Waals surface area contributed by atoms with Gasteiger partial charge in [-0.25, -0.2) is 0 Å². The number of amides is 2. The van der Waals surface area contributed by atoms with Crippen molar-refractivity contribution in [3.05, 3.63) is 71.8 Å². The molecule has 112 valence electrons. The number of ketones is 1. The molecule has 0 aliphatic heterocycles. The van der Waals surface area contributed by atoms with Gasteiger partial charge >= 0.3 is 0 Å². The molecular weight excluding hydrogens is 280 g/mol. The molecule has 0 radical (unpaired) electrons. The molecule has 22 heavy (non-hydrogen) atoms. The summed E-state index contributed by atoms with van der Waals surface area (Å²) in [5.41, 5.74) is 0.838. The molecule has 2 N–H and O–H groups in total. The van der Waals surface area contributed by atoms with Crippen LogP contribution in [0.3, 0.4) is 0 Å². The summed E-state index contributed by atoms with van der Waals surface area (Å²) in [5.74, 6) is -1.20. The molecule has 5 nitrogen and oxygen atoms in total. The number of carbonyl (C=O) groups is 3. The van der Waals surface area contributed by atoms with Crippen molar-refractivity contribution in [1.29, 1.82) is 0 Å². The van der Waals surface area contributed by atoms with E-state index in [-0.39, 0.29) is 5.78 Å². The number of carbonyl (C=O) groups excluding carboxylic acids is 3. The van der Waals surface area contributed by atoms with Crippen molar-refractivity contribution in [1.82, 2.24) is 10.6 Å². The van der Waals surface area contributed by atoms with Crippen LogP contribution >= 0.6 is 0 Å². The third-order valence-electron chi connectivity index (χ3n) is 3.03. The Hall–Kier alpha value is -2.95. The molecular formula is C17H16N2O3. The van der Waals surface area contributed by atoms with Crippen molar-refractivity contribution >= 4 is 17.6 Å². The van der Waals surface area contributed by atoms with Gasteiger partial charge in [0.2, 0.25) is 0 Å². The van der Waals surface area contributed by atoms with E-state index in [0.717, 1.165) is 0 Å². The lowest BCUT2D eigenvalue weighted by molar-refractivity contribution is -0.119. The van der Waals surface area contributed by atoms with Crippen LogP contribution in [0.1, 0.15) is 27.6 Å². The molecule has 2 rings (SSSR count). The first-order valence-electron chi connectivity index (χ1n) is 6.80. The predicted octanol–water partition coefficient (Wildman–Crippen LogP) is 1.76. The van der Waals surface area contributed by atoms with Crippen LogP contribution < -0.4 is 10.6 Å². The second-order valence-electron chi connectivity index (χ2n) is 4.72. The average Bonchev–Trinajstić information content (AvgIpc) is 2.55. The summed E-state index contributed by atoms with van der Waals surface area (Å²) < 4.78 is 0. The summed E-state index contributed by atoms with van der Waals surface area (Å²) in [6, 6.07) is 17.0. The molecule has 2 aromatic rings. The van der Waals surface area contributed by atoms with Gasteiger partial charge in [0.05, 0.1) is 0 Å². The maximum absolute atomic E-state index is 12.1. The molecule has 0 bridgehead atoms. The highest BCUT2D eigenvalue weighted by Gasteiger charge is 2.20. The zero-order chi connectivity index (χ0) is 15.9. The Kier molecular flexibility index (Phi) is 5.03. The fraction of sp³-hybridized carbons (Fsp3) is 0.118. The number of benzene rings is 2. The molecule has 0 saturated carbocycles. The third kappa shape index (κ3) is 4.02. The molecule has 0 aromatic heterocycles. The van der Waals surface area contributed by atoms with E-state index in [1.807, 2.05) is 0 Å². The van der Waals surface area contributed by atoms with Gasteiger partial charge in [-0.05, 0) is 31.2 Å². The van der Waals surface area contributed by atoms with Crippen molar-refractivity contribution < 1.29 is 14.4 Å². The Bertz CT molecular complexity index is 615. The highest BCUT2D eigenvalue weighted by atomic mass is 16.2. The lowest BCUT2D eigenvalue weighted by Crippen LogP contribution is -2.52. The van der Waals surface area contributed by atoms with Gasteiger partial charge in [-0.3, -0.25) is 14.4 Å². The molecule has 0 atom stereocenters. The summed E-state index contributed by atoms with van der Waals surface area (Å²) in [5, 5.41) is 5.03. The minimum absolute atomic E-state index is 0.353. The summed E-state index contributed by atoms with van der Waals surface area (Å²) in [7, 11) is 0. The molecule has 0 aliphatic carbocycles. The summed E-state index contributed by atoms with van der Waals surface area (Å²) in [6.45, 7) is 1.31. The van der Waals surface area contributed by atoms with Crippen LogP contribution in [0, 0.1) is 0 Å². The standard InChI is InChI=1S/C17H16N2O3/c1-12(20)15(18-16(21)13-8-4-2-5-9-13)19-17(22)14-10-6-3-7-11-14/h2-11,15H,1H3,(H,18,21)(H,19,22). The largest absolute Gasteiger partial charge is 0.325 e. The number of Topliss-reactive ketones (excluding diaryl/α,β-unsaturated/α-hetero) is 1. The maximum Gasteiger partial charge on any atom is 0.253 e. The Morgan fingerprint density at radius 3 is 1.41 bits per heavy atom. The fourth-order valence-electron chi connectivity index (χ4n) is 1.85. The molecule has 0 heterocycles. The van der Waals surface area contributed by atoms with E-state index < -0.39 is 18.0 Å². The van der Waals surface area contributed by atoms with E-state index in [2.05, 4.69) is 10.6 Å². The highest BCUT2D eigenvalue weighted by molar-refractivity contribution is 6.01. The van der Waals surface area contributed by atoms with Gasteiger partial charge in [0.1, 0.15) is 0 Å². The summed E-state index contributed by atoms with van der Waals surface area (Å²) >= 11 is 0. The molecule has 0 aliphatic rings. The lowest BCUT2D eigenvalue weighted by atomic mass is 10.2. The van der Waals surface area contributed by atoms with Crippen molar-refractivity contribution in [2.75, 3.05) is 0 Å². The van der Waals surface area contributed by atoms with E-state index >= 15 is 0 Å². The highest BCUT2D eigenvalue weighted by Crippen LogP contribution is 2.01. The SMILES string of the molecule is CC(=O)C(NC(=O)c1ccccc1)NC(=O)c1ccccc1. The molecule has 2 amide bonds. The smallest absolute Gasteiger partial charge is 0.253 e. The van der Waals surface area contributed by atoms with Gasteiger partial charge in [-0.2, -0.15) is 0 Å². The van der Waals surface area contributed by atoms with Crippen LogP contribution in [0.25, 0.3) is 0 Å². The van der Waals surface area contributed by atoms with Crippen molar-refractivity contribution in [3.63, 3.8) is 0 Å². The normalized spacial score (nSPS) is 10.1. The van der Waals surface area contributed by atoms with E-state index in [4.69, 9.17) is 0 Å². The zero-order valence-electron chi connectivity index (χ0n) is 12.1. The fourth-order valence-corrected chi connectivity index (χ4v) is 1.85. The predicted molar refractivity (Wildman–Crippen MR) is 82.3 cm³/mol. The number of hydrogen-bond acceptors (Lipinski definition) is 3. The van der Waals surface area contributed by atoms with Gasteiger partial charge in [0, 0.05) is 11.1 Å². The van der Waals surface area contributed by atoms with E-state index in [1.165, 1.54) is 6.92 Å². The van der Waals surface area contributed by atoms with Crippen LogP contribution in [0.2, 0.25) is 0 Å². The Balaban J connectivity index is 2.06. The number of nitrogens with one attached hydrogen (secondary N) is 2. The van der Waals surface area contributed by atoms with Crippen LogP contribution in [0.15, 0.2) is 60.7 Å². The summed E-state index contributed by atoms with van der Waals surface area (Å²) in [4.78, 5) is 35.8. The number of rotatable bonds is 5. The number of hydrogen-bond donors (Lipinski definition) is 2. The second kappa shape index (κ2) is 7.17. The second-order valence-corrected chi connectivity index (χ2v) is 4.72. The van der Waals surface area contributed by atoms with Crippen LogP contribution in [0.4, 0.5) is 0 Å². The Morgan fingerprint density at radius 2 is 1.09 bits per heavy atom. The first kappa shape index (κ1) is 15.4. The zero-order valence-corrected chi connectivity index (χ0v) is 12.1. The first-order valence-corrected chi connectivity index (χ1v) is 6.80. The van der Waals surface area contributed by atoms with Crippen molar-refractivity contribution in [2.24, 2.45) is 0 Å². The van der Waals surface area contributed by atoms with Crippen molar-refractivity contribution in [3.8, 4) is 0 Å². The van der Waals surface area contributed by atoms with Crippen LogP contribution in [0.5, 0.6) is 0 Å². The van der Waals surface area contributed by atoms with Crippen LogP contribution in [-0.2, 0) is 4.79 Å². The van der Waals surface area contributed by atoms with E-state index in [9.17, 15) is 14.4 Å². The van der Waals surface area contributed by atoms with Gasteiger partial charge < -0.3 is 10.6 Å². The average molecular weight is 296 g/mol. The molecule has 0 unspecified atom stereocenters.